The van der Waals surface area contributed by atoms with E-state index in [1.807, 2.05) is 0 Å². The van der Waals surface area contributed by atoms with Gasteiger partial charge in [0.25, 0.3) is 0 Å². The van der Waals surface area contributed by atoms with E-state index in [4.69, 9.17) is 9.47 Å². The van der Waals surface area contributed by atoms with E-state index >= 15 is 0 Å². The first-order chi connectivity index (χ1) is 37.7. The van der Waals surface area contributed by atoms with Crippen LogP contribution in [-0.2, 0) is 14.3 Å². The van der Waals surface area contributed by atoms with Gasteiger partial charge >= 0.3 is 0 Å². The van der Waals surface area contributed by atoms with Crippen LogP contribution in [0.1, 0.15) is 322 Å². The summed E-state index contributed by atoms with van der Waals surface area (Å²) >= 11 is 0. The lowest BCUT2D eigenvalue weighted by Crippen LogP contribution is -2.60. The van der Waals surface area contributed by atoms with Gasteiger partial charge < -0.3 is 50.5 Å². The number of aliphatic hydroxyl groups is 7. The molecule has 9 unspecified atom stereocenters. The first-order valence-corrected chi connectivity index (χ1v) is 33.2. The van der Waals surface area contributed by atoms with E-state index in [-0.39, 0.29) is 6.42 Å². The largest absolute Gasteiger partial charge is 0.394 e. The fourth-order valence-electron chi connectivity index (χ4n) is 10.9. The zero-order valence-corrected chi connectivity index (χ0v) is 50.2. The number of amides is 1. The van der Waals surface area contributed by atoms with Crippen molar-refractivity contribution in [1.82, 2.24) is 5.32 Å². The molecule has 11 nitrogen and oxygen atoms in total. The van der Waals surface area contributed by atoms with Crippen LogP contribution in [0.25, 0.3) is 0 Å². The van der Waals surface area contributed by atoms with Crippen LogP contribution in [0.4, 0.5) is 0 Å². The van der Waals surface area contributed by atoms with Crippen molar-refractivity contribution in [3.63, 3.8) is 0 Å². The van der Waals surface area contributed by atoms with Gasteiger partial charge in [-0.15, -0.1) is 0 Å². The maximum absolute atomic E-state index is 13.2. The number of hydrogen-bond acceptors (Lipinski definition) is 10. The van der Waals surface area contributed by atoms with E-state index in [0.29, 0.717) is 19.3 Å². The monoisotopic (exact) mass is 1090 g/mol. The molecule has 11 heteroatoms. The minimum Gasteiger partial charge on any atom is -0.394 e. The molecular weight excluding hydrogens is 967 g/mol. The van der Waals surface area contributed by atoms with E-state index in [0.717, 1.165) is 64.2 Å². The zero-order valence-electron chi connectivity index (χ0n) is 50.2. The molecule has 1 amide bonds. The van der Waals surface area contributed by atoms with Gasteiger partial charge in [-0.1, -0.05) is 301 Å². The number of allylic oxidation sites excluding steroid dienone is 4. The third kappa shape index (κ3) is 43.0. The second kappa shape index (κ2) is 55.1. The molecule has 1 heterocycles. The van der Waals surface area contributed by atoms with Crippen molar-refractivity contribution in [2.45, 2.75) is 377 Å². The standard InChI is InChI=1S/C66H127NO10/c1-3-5-7-9-11-13-15-17-19-21-23-25-27-28-29-30-31-32-34-35-37-39-41-43-45-47-49-51-53-58(69)61(71)57(56-76-66-64(74)63(73)62(72)60(55-68)77-66)67-65(75)59(70)54-52-50-48-46-44-42-40-38-36-33-26-24-22-20-18-16-14-12-10-8-6-4-2/h24,26,36,38,57-64,66,68-74H,3-23,25,27-35,37,39-56H2,1-2H3,(H,67,75)/b26-24-,38-36-. The summed E-state index contributed by atoms with van der Waals surface area (Å²) in [6.45, 7) is 3.50. The van der Waals surface area contributed by atoms with Gasteiger partial charge in [-0.05, 0) is 44.9 Å². The smallest absolute Gasteiger partial charge is 0.249 e. The van der Waals surface area contributed by atoms with Crippen LogP contribution in [0.15, 0.2) is 24.3 Å². The first-order valence-electron chi connectivity index (χ1n) is 33.2. The minimum absolute atomic E-state index is 0.250. The predicted molar refractivity (Wildman–Crippen MR) is 321 cm³/mol. The Labute approximate surface area is 474 Å². The van der Waals surface area contributed by atoms with Crippen LogP contribution in [0, 0.1) is 0 Å². The molecule has 0 aromatic rings. The molecule has 0 saturated carbocycles. The maximum Gasteiger partial charge on any atom is 0.249 e. The van der Waals surface area contributed by atoms with Crippen molar-refractivity contribution in [2.24, 2.45) is 0 Å². The van der Waals surface area contributed by atoms with Gasteiger partial charge in [0.15, 0.2) is 6.29 Å². The highest BCUT2D eigenvalue weighted by Crippen LogP contribution is 2.24. The number of ether oxygens (including phenoxy) is 2. The Hall–Kier alpha value is -1.41. The average Bonchev–Trinajstić information content (AvgIpc) is 3.43. The van der Waals surface area contributed by atoms with Gasteiger partial charge in [-0.2, -0.15) is 0 Å². The highest BCUT2D eigenvalue weighted by atomic mass is 16.7. The van der Waals surface area contributed by atoms with Gasteiger partial charge in [-0.25, -0.2) is 0 Å². The Bertz CT molecular complexity index is 1300. The number of rotatable bonds is 58. The fraction of sp³-hybridized carbons (Fsp3) is 0.924. The summed E-state index contributed by atoms with van der Waals surface area (Å²) in [6, 6.07) is -1.17. The Morgan fingerprint density at radius 2 is 0.792 bits per heavy atom. The molecule has 0 aromatic carbocycles. The summed E-state index contributed by atoms with van der Waals surface area (Å²) < 4.78 is 11.2. The molecule has 1 aliphatic rings. The molecular formula is C66H127NO10. The minimum atomic E-state index is -1.66. The molecule has 1 saturated heterocycles. The van der Waals surface area contributed by atoms with Gasteiger partial charge in [0.1, 0.15) is 36.6 Å². The Kier molecular flexibility index (Phi) is 52.7. The van der Waals surface area contributed by atoms with Crippen molar-refractivity contribution < 1.29 is 50.0 Å². The van der Waals surface area contributed by atoms with E-state index in [1.54, 1.807) is 0 Å². The molecule has 9 atom stereocenters. The summed E-state index contributed by atoms with van der Waals surface area (Å²) in [4.78, 5) is 13.2. The second-order valence-corrected chi connectivity index (χ2v) is 23.5. The Morgan fingerprint density at radius 3 is 1.16 bits per heavy atom. The lowest BCUT2D eigenvalue weighted by atomic mass is 9.98. The molecule has 0 aromatic heterocycles. The summed E-state index contributed by atoms with van der Waals surface area (Å²) in [6.07, 6.45) is 56.7. The third-order valence-corrected chi connectivity index (χ3v) is 16.3. The quantitative estimate of drug-likeness (QED) is 0.0215. The second-order valence-electron chi connectivity index (χ2n) is 23.5. The average molecular weight is 1090 g/mol. The van der Waals surface area contributed by atoms with Gasteiger partial charge in [0.2, 0.25) is 5.91 Å². The van der Waals surface area contributed by atoms with Crippen LogP contribution >= 0.6 is 0 Å². The van der Waals surface area contributed by atoms with Crippen molar-refractivity contribution in [2.75, 3.05) is 13.2 Å². The molecule has 0 bridgehead atoms. The normalized spacial score (nSPS) is 19.6. The number of aliphatic hydroxyl groups excluding tert-OH is 7. The van der Waals surface area contributed by atoms with E-state index in [9.17, 15) is 40.5 Å². The summed E-state index contributed by atoms with van der Waals surface area (Å²) in [5.41, 5.74) is 0. The van der Waals surface area contributed by atoms with Crippen LogP contribution in [-0.4, -0.2) is 110 Å². The molecule has 1 fully saturated rings. The van der Waals surface area contributed by atoms with Crippen LogP contribution in [0.3, 0.4) is 0 Å². The first kappa shape index (κ1) is 73.6. The molecule has 77 heavy (non-hydrogen) atoms. The highest BCUT2D eigenvalue weighted by Gasteiger charge is 2.44. The topological polar surface area (TPSA) is 189 Å². The molecule has 1 aliphatic heterocycles. The van der Waals surface area contributed by atoms with Gasteiger partial charge in [0.05, 0.1) is 25.4 Å². The van der Waals surface area contributed by atoms with Gasteiger partial charge in [0, 0.05) is 0 Å². The van der Waals surface area contributed by atoms with E-state index in [2.05, 4.69) is 43.5 Å². The lowest BCUT2D eigenvalue weighted by molar-refractivity contribution is -0.303. The fourth-order valence-corrected chi connectivity index (χ4v) is 10.9. The molecule has 456 valence electrons. The molecule has 1 rings (SSSR count). The predicted octanol–water partition coefficient (Wildman–Crippen LogP) is 15.2. The SMILES string of the molecule is CCCCCCCCCCC/C=C\C/C=C\CCCCCCCCC(O)C(=O)NC(COC1OC(CO)C(O)C(O)C1O)C(O)C(O)CCCCCCCCCCCCCCCCCCCCCCCCCCCCCC. The summed E-state index contributed by atoms with van der Waals surface area (Å²) in [5, 5.41) is 76.4. The number of unbranched alkanes of at least 4 members (excludes halogenated alkanes) is 42. The van der Waals surface area contributed by atoms with Crippen LogP contribution in [0.2, 0.25) is 0 Å². The highest BCUT2D eigenvalue weighted by molar-refractivity contribution is 5.80. The lowest BCUT2D eigenvalue weighted by Gasteiger charge is -2.40. The molecule has 0 aliphatic carbocycles. The maximum atomic E-state index is 13.2. The van der Waals surface area contributed by atoms with E-state index < -0.39 is 74.2 Å². The number of hydrogen-bond donors (Lipinski definition) is 8. The number of carbonyl (C=O) groups excluding carboxylic acids is 1. The molecule has 0 radical (unpaired) electrons. The van der Waals surface area contributed by atoms with Crippen molar-refractivity contribution in [3.05, 3.63) is 24.3 Å². The van der Waals surface area contributed by atoms with E-state index in [1.165, 1.54) is 218 Å². The zero-order chi connectivity index (χ0) is 56.1. The van der Waals surface area contributed by atoms with Crippen molar-refractivity contribution in [1.29, 1.82) is 0 Å². The van der Waals surface area contributed by atoms with Crippen LogP contribution < -0.4 is 5.32 Å². The number of carbonyl (C=O) groups is 1. The third-order valence-electron chi connectivity index (χ3n) is 16.3. The van der Waals surface area contributed by atoms with Crippen molar-refractivity contribution in [3.8, 4) is 0 Å². The molecule has 0 spiro atoms. The summed E-state index contributed by atoms with van der Waals surface area (Å²) in [7, 11) is 0. The Morgan fingerprint density at radius 1 is 0.455 bits per heavy atom. The Balaban J connectivity index is 2.24. The van der Waals surface area contributed by atoms with Gasteiger partial charge in [-0.3, -0.25) is 4.79 Å². The molecule has 8 N–H and O–H groups in total. The number of nitrogens with one attached hydrogen (secondary N) is 1. The van der Waals surface area contributed by atoms with Crippen LogP contribution in [0.5, 0.6) is 0 Å². The summed E-state index contributed by atoms with van der Waals surface area (Å²) in [5.74, 6) is -0.700. The van der Waals surface area contributed by atoms with Crippen molar-refractivity contribution >= 4 is 5.91 Å².